The molecule has 0 atom stereocenters. The molecule has 0 spiro atoms. The molecule has 1 heterocycles. The predicted molar refractivity (Wildman–Crippen MR) is 149 cm³/mol. The molecule has 38 heavy (non-hydrogen) atoms. The molecule has 188 valence electrons. The third kappa shape index (κ3) is 5.03. The van der Waals surface area contributed by atoms with Crippen molar-refractivity contribution >= 4 is 34.1 Å². The summed E-state index contributed by atoms with van der Waals surface area (Å²) in [5.41, 5.74) is 4.10. The summed E-state index contributed by atoms with van der Waals surface area (Å²) in [4.78, 5) is 31.1. The minimum Gasteiger partial charge on any atom is -0.494 e. The number of pyridine rings is 1. The molecule has 0 aliphatic carbocycles. The van der Waals surface area contributed by atoms with E-state index in [1.807, 2.05) is 60.7 Å². The molecule has 2 amide bonds. The zero-order valence-electron chi connectivity index (χ0n) is 20.9. The number of hydrogen-bond acceptors (Lipinski definition) is 5. The van der Waals surface area contributed by atoms with Gasteiger partial charge in [0.05, 0.1) is 42.4 Å². The second-order valence-electron chi connectivity index (χ2n) is 8.47. The van der Waals surface area contributed by atoms with E-state index >= 15 is 0 Å². The summed E-state index contributed by atoms with van der Waals surface area (Å²) in [7, 11) is 2.99. The Morgan fingerprint density at radius 3 is 1.84 bits per heavy atom. The first-order chi connectivity index (χ1) is 18.6. The minimum atomic E-state index is -0.331. The summed E-state index contributed by atoms with van der Waals surface area (Å²) >= 11 is 0. The molecular weight excluding hydrogens is 478 g/mol. The number of benzene rings is 4. The lowest BCUT2D eigenvalue weighted by molar-refractivity contribution is 0.101. The number of rotatable bonds is 7. The number of fused-ring (bicyclic) bond motifs is 1. The molecule has 0 aliphatic rings. The molecule has 0 unspecified atom stereocenters. The van der Waals surface area contributed by atoms with Crippen molar-refractivity contribution in [1.29, 1.82) is 0 Å². The van der Waals surface area contributed by atoms with Gasteiger partial charge in [-0.3, -0.25) is 9.59 Å². The van der Waals surface area contributed by atoms with Crippen LogP contribution in [0.25, 0.3) is 22.2 Å². The molecule has 0 bridgehead atoms. The molecular formula is C31H25N3O4. The number of carbonyl (C=O) groups is 2. The standard InChI is InChI=1S/C31H25N3O4/c1-37-28-19-27(29(38-2)18-26(28)33-30(35)21-13-7-4-8-14-21)34-31(36)23-17-25(20-11-5-3-6-12-20)32-24-16-10-9-15-22(23)24/h3-19H,1-2H3,(H,33,35)(H,34,36). The number of methoxy groups -OCH3 is 2. The number of aromatic nitrogens is 1. The monoisotopic (exact) mass is 503 g/mol. The third-order valence-corrected chi connectivity index (χ3v) is 6.08. The lowest BCUT2D eigenvalue weighted by atomic mass is 10.0. The number of ether oxygens (including phenoxy) is 2. The number of amides is 2. The number of carbonyl (C=O) groups excluding carboxylic acids is 2. The summed E-state index contributed by atoms with van der Waals surface area (Å²) in [6.45, 7) is 0. The second-order valence-corrected chi connectivity index (χ2v) is 8.47. The molecule has 7 nitrogen and oxygen atoms in total. The fraction of sp³-hybridized carbons (Fsp3) is 0.0645. The zero-order chi connectivity index (χ0) is 26.5. The van der Waals surface area contributed by atoms with E-state index in [0.29, 0.717) is 45.2 Å². The normalized spacial score (nSPS) is 10.6. The molecule has 0 radical (unpaired) electrons. The van der Waals surface area contributed by atoms with E-state index in [0.717, 1.165) is 10.9 Å². The van der Waals surface area contributed by atoms with Crippen LogP contribution in [0.5, 0.6) is 11.5 Å². The first-order valence-corrected chi connectivity index (χ1v) is 12.0. The maximum absolute atomic E-state index is 13.6. The maximum atomic E-state index is 13.6. The molecule has 0 fully saturated rings. The minimum absolute atomic E-state index is 0.292. The van der Waals surface area contributed by atoms with Gasteiger partial charge < -0.3 is 20.1 Å². The van der Waals surface area contributed by atoms with Crippen LogP contribution >= 0.6 is 0 Å². The fourth-order valence-corrected chi connectivity index (χ4v) is 4.19. The van der Waals surface area contributed by atoms with Crippen molar-refractivity contribution < 1.29 is 19.1 Å². The van der Waals surface area contributed by atoms with Crippen molar-refractivity contribution in [2.24, 2.45) is 0 Å². The van der Waals surface area contributed by atoms with Crippen LogP contribution in [0.15, 0.2) is 103 Å². The first kappa shape index (κ1) is 24.5. The van der Waals surface area contributed by atoms with E-state index in [4.69, 9.17) is 14.5 Å². The highest BCUT2D eigenvalue weighted by molar-refractivity contribution is 6.14. The summed E-state index contributed by atoms with van der Waals surface area (Å²) in [6.07, 6.45) is 0. The first-order valence-electron chi connectivity index (χ1n) is 12.0. The Labute approximate surface area is 220 Å². The Kier molecular flexibility index (Phi) is 6.99. The van der Waals surface area contributed by atoms with Crippen LogP contribution in [0.4, 0.5) is 11.4 Å². The summed E-state index contributed by atoms with van der Waals surface area (Å²) in [6, 6.07) is 31.1. The van der Waals surface area contributed by atoms with Crippen LogP contribution in [0, 0.1) is 0 Å². The molecule has 5 rings (SSSR count). The van der Waals surface area contributed by atoms with Gasteiger partial charge in [0.15, 0.2) is 0 Å². The van der Waals surface area contributed by atoms with Gasteiger partial charge in [0.1, 0.15) is 11.5 Å². The SMILES string of the molecule is COc1cc(NC(=O)c2cc(-c3ccccc3)nc3ccccc23)c(OC)cc1NC(=O)c1ccccc1. The molecule has 0 aliphatic heterocycles. The van der Waals surface area contributed by atoms with Gasteiger partial charge in [-0.1, -0.05) is 66.7 Å². The van der Waals surface area contributed by atoms with Crippen molar-refractivity contribution in [3.05, 3.63) is 114 Å². The van der Waals surface area contributed by atoms with Crippen molar-refractivity contribution in [2.45, 2.75) is 0 Å². The van der Waals surface area contributed by atoms with Crippen LogP contribution in [0.2, 0.25) is 0 Å². The highest BCUT2D eigenvalue weighted by Crippen LogP contribution is 2.37. The average molecular weight is 504 g/mol. The number of hydrogen-bond donors (Lipinski definition) is 2. The molecule has 0 saturated heterocycles. The highest BCUT2D eigenvalue weighted by atomic mass is 16.5. The summed E-state index contributed by atoms with van der Waals surface area (Å²) in [5.74, 6) is 0.112. The Bertz CT molecular complexity index is 1620. The van der Waals surface area contributed by atoms with Gasteiger partial charge in [-0.15, -0.1) is 0 Å². The van der Waals surface area contributed by atoms with Crippen LogP contribution < -0.4 is 20.1 Å². The van der Waals surface area contributed by atoms with E-state index in [1.165, 1.54) is 14.2 Å². The van der Waals surface area contributed by atoms with Gasteiger partial charge in [0.2, 0.25) is 0 Å². The van der Waals surface area contributed by atoms with E-state index in [9.17, 15) is 9.59 Å². The Balaban J connectivity index is 1.50. The van der Waals surface area contributed by atoms with Crippen LogP contribution in [0.3, 0.4) is 0 Å². The van der Waals surface area contributed by atoms with Gasteiger partial charge in [0.25, 0.3) is 11.8 Å². The number of nitrogens with zero attached hydrogens (tertiary/aromatic N) is 1. The second kappa shape index (κ2) is 10.8. The Morgan fingerprint density at radius 2 is 1.21 bits per heavy atom. The van der Waals surface area contributed by atoms with E-state index < -0.39 is 0 Å². The van der Waals surface area contributed by atoms with E-state index in [-0.39, 0.29) is 11.8 Å². The molecule has 0 saturated carbocycles. The largest absolute Gasteiger partial charge is 0.494 e. The van der Waals surface area contributed by atoms with Crippen LogP contribution in [-0.4, -0.2) is 31.0 Å². The van der Waals surface area contributed by atoms with Gasteiger partial charge >= 0.3 is 0 Å². The Hall–Kier alpha value is -5.17. The van der Waals surface area contributed by atoms with Crippen LogP contribution in [0.1, 0.15) is 20.7 Å². The van der Waals surface area contributed by atoms with Gasteiger partial charge in [-0.2, -0.15) is 0 Å². The van der Waals surface area contributed by atoms with Crippen molar-refractivity contribution in [3.63, 3.8) is 0 Å². The lowest BCUT2D eigenvalue weighted by Gasteiger charge is -2.17. The van der Waals surface area contributed by atoms with Gasteiger partial charge in [-0.25, -0.2) is 4.98 Å². The Morgan fingerprint density at radius 1 is 0.658 bits per heavy atom. The summed E-state index contributed by atoms with van der Waals surface area (Å²) < 4.78 is 11.1. The zero-order valence-corrected chi connectivity index (χ0v) is 20.9. The van der Waals surface area contributed by atoms with E-state index in [1.54, 1.807) is 42.5 Å². The van der Waals surface area contributed by atoms with Gasteiger partial charge in [0, 0.05) is 28.6 Å². The average Bonchev–Trinajstić information content (AvgIpc) is 2.97. The molecule has 5 aromatic rings. The molecule has 7 heteroatoms. The quantitative estimate of drug-likeness (QED) is 0.267. The van der Waals surface area contributed by atoms with Crippen molar-refractivity contribution in [2.75, 3.05) is 24.9 Å². The molecule has 4 aromatic carbocycles. The highest BCUT2D eigenvalue weighted by Gasteiger charge is 2.19. The molecule has 2 N–H and O–H groups in total. The van der Waals surface area contributed by atoms with E-state index in [2.05, 4.69) is 10.6 Å². The number of para-hydroxylation sites is 1. The number of anilines is 2. The molecule has 1 aromatic heterocycles. The lowest BCUT2D eigenvalue weighted by Crippen LogP contribution is -2.15. The fourth-order valence-electron chi connectivity index (χ4n) is 4.19. The summed E-state index contributed by atoms with van der Waals surface area (Å²) in [5, 5.41) is 6.53. The smallest absolute Gasteiger partial charge is 0.256 e. The van der Waals surface area contributed by atoms with Gasteiger partial charge in [-0.05, 0) is 24.3 Å². The van der Waals surface area contributed by atoms with Crippen molar-refractivity contribution in [3.8, 4) is 22.8 Å². The number of nitrogens with one attached hydrogen (secondary N) is 2. The van der Waals surface area contributed by atoms with Crippen LogP contribution in [-0.2, 0) is 0 Å². The maximum Gasteiger partial charge on any atom is 0.256 e. The third-order valence-electron chi connectivity index (χ3n) is 6.08. The van der Waals surface area contributed by atoms with Crippen molar-refractivity contribution in [1.82, 2.24) is 4.98 Å². The topological polar surface area (TPSA) is 89.6 Å². The predicted octanol–water partition coefficient (Wildman–Crippen LogP) is 6.42.